The van der Waals surface area contributed by atoms with Gasteiger partial charge in [-0.15, -0.1) is 0 Å². The molecule has 9 nitrogen and oxygen atoms in total. The van der Waals surface area contributed by atoms with Gasteiger partial charge in [0, 0.05) is 19.4 Å². The number of hydrogen-bond donors (Lipinski definition) is 2. The maximum atomic E-state index is 12.6. The molecule has 0 amide bonds. The van der Waals surface area contributed by atoms with E-state index in [1.165, 1.54) is 96.3 Å². The molecule has 0 bridgehead atoms. The van der Waals surface area contributed by atoms with Crippen molar-refractivity contribution in [3.8, 4) is 0 Å². The van der Waals surface area contributed by atoms with Crippen molar-refractivity contribution in [1.29, 1.82) is 0 Å². The van der Waals surface area contributed by atoms with Crippen molar-refractivity contribution >= 4 is 19.8 Å². The van der Waals surface area contributed by atoms with Crippen LogP contribution in [0.15, 0.2) is 48.6 Å². The van der Waals surface area contributed by atoms with E-state index >= 15 is 0 Å². The summed E-state index contributed by atoms with van der Waals surface area (Å²) < 4.78 is 32.8. The van der Waals surface area contributed by atoms with E-state index in [2.05, 4.69) is 62.5 Å². The lowest BCUT2D eigenvalue weighted by atomic mass is 10.0. The van der Waals surface area contributed by atoms with E-state index in [-0.39, 0.29) is 38.6 Å². The molecular formula is C46H84NO8P. The first-order chi connectivity index (χ1) is 27.3. The fraction of sp³-hybridized carbons (Fsp3) is 0.783. The van der Waals surface area contributed by atoms with Crippen LogP contribution in [-0.2, 0) is 32.7 Å². The molecule has 2 unspecified atom stereocenters. The second-order valence-electron chi connectivity index (χ2n) is 14.9. The molecule has 0 saturated carbocycles. The smallest absolute Gasteiger partial charge is 0.462 e. The summed E-state index contributed by atoms with van der Waals surface area (Å²) in [6.45, 7) is 3.62. The van der Waals surface area contributed by atoms with E-state index in [0.29, 0.717) is 6.42 Å². The molecule has 0 heterocycles. The minimum absolute atomic E-state index is 0.0524. The highest BCUT2D eigenvalue weighted by molar-refractivity contribution is 7.47. The quantitative estimate of drug-likeness (QED) is 0.0267. The first-order valence-electron chi connectivity index (χ1n) is 22.6. The first kappa shape index (κ1) is 54.0. The zero-order valence-corrected chi connectivity index (χ0v) is 36.8. The van der Waals surface area contributed by atoms with Gasteiger partial charge < -0.3 is 20.1 Å². The summed E-state index contributed by atoms with van der Waals surface area (Å²) in [4.78, 5) is 34.9. The van der Waals surface area contributed by atoms with E-state index in [1.807, 2.05) is 0 Å². The van der Waals surface area contributed by atoms with Gasteiger partial charge in [-0.05, 0) is 51.4 Å². The standard InChI is InChI=1S/C46H84NO8P/c1-3-5-7-9-11-13-15-17-18-19-20-21-22-23-24-25-26-27-29-31-33-35-37-39-46(49)55-44(43-54-56(50,51)53-41-40-47)42-52-45(48)38-36-34-32-30-28-16-14-12-10-8-6-4-2/h5,7,11,13,17-18,20-21,44H,3-4,6,8-10,12,14-16,19,22-43,47H2,1-2H3,(H,50,51)/b7-5-,13-11-,18-17-,21-20-. The number of carbonyl (C=O) groups is 2. The summed E-state index contributed by atoms with van der Waals surface area (Å²) in [5.74, 6) is -0.831. The Balaban J connectivity index is 4.08. The Hall–Kier alpha value is -2.03. The van der Waals surface area contributed by atoms with Crippen LogP contribution in [0.3, 0.4) is 0 Å². The van der Waals surface area contributed by atoms with Gasteiger partial charge in [0.1, 0.15) is 6.61 Å². The number of allylic oxidation sites excluding steroid dienone is 8. The molecule has 56 heavy (non-hydrogen) atoms. The molecule has 0 aliphatic carbocycles. The summed E-state index contributed by atoms with van der Waals surface area (Å²) in [7, 11) is -4.38. The van der Waals surface area contributed by atoms with E-state index < -0.39 is 26.5 Å². The predicted octanol–water partition coefficient (Wildman–Crippen LogP) is 13.1. The van der Waals surface area contributed by atoms with Gasteiger partial charge in [0.25, 0.3) is 0 Å². The van der Waals surface area contributed by atoms with Gasteiger partial charge in [-0.2, -0.15) is 0 Å². The third-order valence-corrected chi connectivity index (χ3v) is 10.5. The number of carbonyl (C=O) groups excluding carboxylic acids is 2. The van der Waals surface area contributed by atoms with E-state index in [4.69, 9.17) is 24.3 Å². The molecule has 0 aromatic rings. The Morgan fingerprint density at radius 2 is 0.982 bits per heavy atom. The summed E-state index contributed by atoms with van der Waals surface area (Å²) in [5, 5.41) is 0. The molecule has 0 aliphatic rings. The molecule has 0 aliphatic heterocycles. The topological polar surface area (TPSA) is 134 Å². The van der Waals surface area contributed by atoms with Gasteiger partial charge in [-0.25, -0.2) is 4.57 Å². The predicted molar refractivity (Wildman–Crippen MR) is 233 cm³/mol. The van der Waals surface area contributed by atoms with Gasteiger partial charge in [0.2, 0.25) is 0 Å². The van der Waals surface area contributed by atoms with Gasteiger partial charge in [-0.1, -0.05) is 184 Å². The number of esters is 2. The lowest BCUT2D eigenvalue weighted by molar-refractivity contribution is -0.161. The molecule has 0 aromatic carbocycles. The molecule has 0 aromatic heterocycles. The summed E-state index contributed by atoms with van der Waals surface area (Å²) in [6, 6.07) is 0. The molecule has 0 spiro atoms. The molecule has 0 fully saturated rings. The van der Waals surface area contributed by atoms with Crippen LogP contribution in [-0.4, -0.2) is 49.3 Å². The number of ether oxygens (including phenoxy) is 2. The van der Waals surface area contributed by atoms with Crippen LogP contribution >= 0.6 is 7.82 Å². The number of hydrogen-bond acceptors (Lipinski definition) is 8. The number of unbranched alkanes of at least 4 members (excludes halogenated alkanes) is 21. The van der Waals surface area contributed by atoms with Crippen LogP contribution in [0.4, 0.5) is 0 Å². The van der Waals surface area contributed by atoms with Crippen LogP contribution < -0.4 is 5.73 Å². The first-order valence-corrected chi connectivity index (χ1v) is 24.1. The Labute approximate surface area is 343 Å². The molecule has 10 heteroatoms. The molecule has 2 atom stereocenters. The largest absolute Gasteiger partial charge is 0.472 e. The number of phosphoric ester groups is 1. The zero-order chi connectivity index (χ0) is 41.1. The summed E-state index contributed by atoms with van der Waals surface area (Å²) in [6.07, 6.45) is 48.5. The van der Waals surface area contributed by atoms with E-state index in [1.54, 1.807) is 0 Å². The van der Waals surface area contributed by atoms with Crippen molar-refractivity contribution in [2.24, 2.45) is 5.73 Å². The van der Waals surface area contributed by atoms with Gasteiger partial charge in [0.15, 0.2) is 6.10 Å². The van der Waals surface area contributed by atoms with Crippen molar-refractivity contribution in [2.45, 2.75) is 206 Å². The summed E-state index contributed by atoms with van der Waals surface area (Å²) in [5.41, 5.74) is 5.35. The monoisotopic (exact) mass is 810 g/mol. The molecule has 326 valence electrons. The lowest BCUT2D eigenvalue weighted by Crippen LogP contribution is -2.29. The van der Waals surface area contributed by atoms with Crippen molar-refractivity contribution < 1.29 is 37.6 Å². The van der Waals surface area contributed by atoms with Crippen LogP contribution in [0.25, 0.3) is 0 Å². The van der Waals surface area contributed by atoms with Crippen molar-refractivity contribution in [3.63, 3.8) is 0 Å². The third-order valence-electron chi connectivity index (χ3n) is 9.48. The van der Waals surface area contributed by atoms with Crippen LogP contribution in [0.5, 0.6) is 0 Å². The Morgan fingerprint density at radius 3 is 1.46 bits per heavy atom. The van der Waals surface area contributed by atoms with E-state index in [9.17, 15) is 19.0 Å². The van der Waals surface area contributed by atoms with Crippen LogP contribution in [0.1, 0.15) is 200 Å². The average Bonchev–Trinajstić information content (AvgIpc) is 3.18. The molecule has 0 radical (unpaired) electrons. The highest BCUT2D eigenvalue weighted by Gasteiger charge is 2.26. The number of nitrogens with two attached hydrogens (primary N) is 1. The maximum Gasteiger partial charge on any atom is 0.472 e. The van der Waals surface area contributed by atoms with Crippen molar-refractivity contribution in [2.75, 3.05) is 26.4 Å². The second kappa shape index (κ2) is 42.6. The SMILES string of the molecule is CC/C=C\C/C=C\C/C=C\C/C=C\CCCCCCCCCCCCC(=O)OC(COC(=O)CCCCCCCCCCCCCC)COP(=O)(O)OCCN. The average molecular weight is 810 g/mol. The Morgan fingerprint density at radius 1 is 0.554 bits per heavy atom. The maximum absolute atomic E-state index is 12.6. The van der Waals surface area contributed by atoms with Crippen molar-refractivity contribution in [3.05, 3.63) is 48.6 Å². The minimum Gasteiger partial charge on any atom is -0.462 e. The van der Waals surface area contributed by atoms with Crippen molar-refractivity contribution in [1.82, 2.24) is 0 Å². The minimum atomic E-state index is -4.38. The van der Waals surface area contributed by atoms with Gasteiger partial charge >= 0.3 is 19.8 Å². The highest BCUT2D eigenvalue weighted by atomic mass is 31.2. The lowest BCUT2D eigenvalue weighted by Gasteiger charge is -2.19. The van der Waals surface area contributed by atoms with Crippen LogP contribution in [0, 0.1) is 0 Å². The molecule has 0 saturated heterocycles. The second-order valence-corrected chi connectivity index (χ2v) is 16.3. The third kappa shape index (κ3) is 41.6. The van der Waals surface area contributed by atoms with E-state index in [0.717, 1.165) is 70.6 Å². The summed E-state index contributed by atoms with van der Waals surface area (Å²) >= 11 is 0. The zero-order valence-electron chi connectivity index (χ0n) is 35.9. The van der Waals surface area contributed by atoms with Crippen LogP contribution in [0.2, 0.25) is 0 Å². The molecule has 3 N–H and O–H groups in total. The molecular weight excluding hydrogens is 725 g/mol. The Bertz CT molecular complexity index is 1060. The number of rotatable bonds is 42. The highest BCUT2D eigenvalue weighted by Crippen LogP contribution is 2.43. The normalized spacial score (nSPS) is 13.7. The van der Waals surface area contributed by atoms with Gasteiger partial charge in [-0.3, -0.25) is 18.6 Å². The molecule has 0 rings (SSSR count). The fourth-order valence-corrected chi connectivity index (χ4v) is 6.92. The Kier molecular flexibility index (Phi) is 41.0. The fourth-order valence-electron chi connectivity index (χ4n) is 6.16. The van der Waals surface area contributed by atoms with Gasteiger partial charge in [0.05, 0.1) is 13.2 Å². The number of phosphoric acid groups is 1.